The number of aliphatic hydroxyl groups excluding tert-OH is 3. The van der Waals surface area contributed by atoms with Gasteiger partial charge < -0.3 is 130 Å². The van der Waals surface area contributed by atoms with Gasteiger partial charge in [0.15, 0.2) is 0 Å². The van der Waals surface area contributed by atoms with E-state index in [-0.39, 0.29) is 94.7 Å². The summed E-state index contributed by atoms with van der Waals surface area (Å²) in [5, 5.41) is 82.2. The van der Waals surface area contributed by atoms with E-state index < -0.39 is 248 Å². The SMILES string of the molecule is CC(C)C[C@@H]1NC(=O)[C@H](Cc2c[nH]cn2)NC(=O)[C@@H]2CCCN2C(=O)[C@H](CC(N)=O)NC(=O)[C@H](C)N(C)C(O)[C@H](Cc2ccc(O)cc2)NC(=O)CSC[C@@H](C(=O)NCC(N)=O)NC(=O)[C@H](C)NC(=O)[C@H](CC(=O)O)N(C)C(=O)[C@H](CCCCN)N(C)C(=O)[C@H](Cc2c[nH]c3ccccc23)NC(=O)[C@H](CO)NC(=O)[C@H](Cc2c[nH]c3ccccc23)NC(=O)[C@@H]2C[C@@H](O)CN2C1=O. The number of aliphatic carboxylic acids is 1. The van der Waals surface area contributed by atoms with Crippen molar-refractivity contribution >= 4 is 134 Å². The van der Waals surface area contributed by atoms with E-state index in [9.17, 15) is 73.5 Å². The predicted octanol–water partition coefficient (Wildman–Crippen LogP) is -5.16. The number of phenols is 1. The van der Waals surface area contributed by atoms with Crippen LogP contribution < -0.4 is 70.4 Å². The number of carbonyl (C=O) groups excluding carboxylic acids is 16. The fourth-order valence-corrected chi connectivity index (χ4v) is 16.9. The Balaban J connectivity index is 1.08. The molecule has 3 aromatic carbocycles. The minimum atomic E-state index is -1.97. The quantitative estimate of drug-likeness (QED) is 0.0283. The Bertz CT molecular complexity index is 5090. The third-order valence-electron chi connectivity index (χ3n) is 23.3. The van der Waals surface area contributed by atoms with Gasteiger partial charge in [0.1, 0.15) is 84.5 Å². The molecule has 3 aliphatic rings. The van der Waals surface area contributed by atoms with Crippen molar-refractivity contribution in [3.05, 3.63) is 120 Å². The van der Waals surface area contributed by atoms with Gasteiger partial charge in [-0.2, -0.15) is 0 Å². The second-order valence-corrected chi connectivity index (χ2v) is 34.5. The molecular weight excluding hydrogens is 1730 g/mol. The summed E-state index contributed by atoms with van der Waals surface area (Å²) >= 11 is 0.739. The standard InChI is InChI=1S/C86H118N22O22S/c1-44(2)27-59-85(129)108-39-52(111)32-68(108)81(125)97-57(29-48-35-91-55-17-10-8-15-53(48)55)76(120)102-63(40-109)78(122)101-61(30-49-36-92-56-18-11-9-16-54(49)56)83(127)105(6)66(19-12-13-25-87)86(130)106(7)67(34-72(115)116)80(124)95-45(3)73(117)103-64(75(119)93-38-70(89)113)41-131-42-71(114)96-60(28-47-21-23-51(110)24-22-47)82(126)104(5)46(4)74(118)99-62(33-69(88)112)84(128)107-26-14-20-65(107)79(123)98-58(77(121)100-59)31-50-37-90-43-94-50/h8-11,15-18,21-24,35-37,43-46,52,57-68,82,91-92,109-111,126H,12-14,19-20,25-34,38-42,87H2,1-7H3,(H2,88,112)(H2,89,113)(H,90,94)(H,93,119)(H,95,124)(H,96,114)(H,97,125)(H,98,123)(H,99,118)(H,100,121)(H,101,122)(H,102,120)(H,103,117)(H,115,116)/t45-,46-,52+,57-,58-,59-,60-,61-,62-,63-,64-,65-,66-,67-,68-,82?/m0/s1. The lowest BCUT2D eigenvalue weighted by molar-refractivity contribution is -0.151. The molecule has 131 heavy (non-hydrogen) atoms. The number of para-hydroxylation sites is 2. The monoisotopic (exact) mass is 1840 g/mol. The molecule has 0 spiro atoms. The van der Waals surface area contributed by atoms with Gasteiger partial charge in [-0.1, -0.05) is 62.4 Å². The van der Waals surface area contributed by atoms with Gasteiger partial charge in [0, 0.05) is 99.0 Å². The van der Waals surface area contributed by atoms with Gasteiger partial charge in [0.2, 0.25) is 94.5 Å². The molecule has 6 heterocycles. The van der Waals surface area contributed by atoms with E-state index in [4.69, 9.17) is 17.2 Å². The first kappa shape index (κ1) is 102. The fourth-order valence-electron chi connectivity index (χ4n) is 16.0. The van der Waals surface area contributed by atoms with Gasteiger partial charge >= 0.3 is 5.97 Å². The number of nitrogens with zero attached hydrogens (tertiary/aromatic N) is 6. The minimum Gasteiger partial charge on any atom is -0.508 e. The van der Waals surface area contributed by atoms with Crippen molar-refractivity contribution in [3.63, 3.8) is 0 Å². The Morgan fingerprint density at radius 2 is 1.16 bits per heavy atom. The van der Waals surface area contributed by atoms with Crippen LogP contribution in [0.5, 0.6) is 5.75 Å². The summed E-state index contributed by atoms with van der Waals surface area (Å²) in [6.07, 6.45) is -0.556. The van der Waals surface area contributed by atoms with Crippen LogP contribution in [-0.2, 0) is 107 Å². The molecule has 16 amide bonds. The Kier molecular flexibility index (Phi) is 36.8. The topological polar surface area (TPSA) is 666 Å². The van der Waals surface area contributed by atoms with Crippen molar-refractivity contribution in [1.82, 2.24) is 97.6 Å². The highest BCUT2D eigenvalue weighted by Gasteiger charge is 2.47. The highest BCUT2D eigenvalue weighted by molar-refractivity contribution is 8.00. The third kappa shape index (κ3) is 27.7. The highest BCUT2D eigenvalue weighted by atomic mass is 32.2. The molecule has 3 fully saturated rings. The van der Waals surface area contributed by atoms with Crippen molar-refractivity contribution in [3.8, 4) is 5.75 Å². The van der Waals surface area contributed by atoms with E-state index in [1.807, 2.05) is 0 Å². The lowest BCUT2D eigenvalue weighted by atomic mass is 10.00. The maximum Gasteiger partial charge on any atom is 0.305 e. The summed E-state index contributed by atoms with van der Waals surface area (Å²) in [5.74, 6) is -19.4. The van der Waals surface area contributed by atoms with Crippen molar-refractivity contribution < 1.29 is 107 Å². The van der Waals surface area contributed by atoms with E-state index in [1.54, 1.807) is 74.8 Å². The number of benzene rings is 3. The first-order chi connectivity index (χ1) is 62.2. The molecular formula is C86H118N22O22S. The number of unbranched alkanes of at least 4 members (excludes halogenated alkanes) is 1. The first-order valence-electron chi connectivity index (χ1n) is 43.0. The summed E-state index contributed by atoms with van der Waals surface area (Å²) in [5.41, 5.74) is 19.8. The number of carboxylic acid groups (broad SMARTS) is 1. The molecule has 44 nitrogen and oxygen atoms in total. The Morgan fingerprint density at radius 3 is 1.76 bits per heavy atom. The lowest BCUT2D eigenvalue weighted by Gasteiger charge is -2.36. The average Bonchev–Trinajstić information content (AvgIpc) is 1.69. The van der Waals surface area contributed by atoms with Crippen LogP contribution in [0.4, 0.5) is 0 Å². The Hall–Kier alpha value is -13.1. The highest BCUT2D eigenvalue weighted by Crippen LogP contribution is 2.28. The molecule has 6 aromatic rings. The molecule has 45 heteroatoms. The van der Waals surface area contributed by atoms with Crippen molar-refractivity contribution in [2.45, 2.75) is 208 Å². The predicted molar refractivity (Wildman–Crippen MR) is 473 cm³/mol. The number of aromatic nitrogens is 4. The van der Waals surface area contributed by atoms with E-state index >= 15 is 33.6 Å². The normalized spacial score (nSPS) is 25.9. The number of rotatable bonds is 22. The van der Waals surface area contributed by atoms with Crippen LogP contribution in [-0.4, -0.2) is 333 Å². The Labute approximate surface area is 757 Å². The number of hydrogen-bond donors (Lipinski definition) is 21. The number of fused-ring (bicyclic) bond motifs is 4. The zero-order chi connectivity index (χ0) is 95.8. The number of likely N-dealkylation sites (N-methyl/N-ethyl adjacent to an activating group) is 3. The van der Waals surface area contributed by atoms with Crippen molar-refractivity contribution in [2.24, 2.45) is 23.1 Å². The molecule has 9 rings (SSSR count). The zero-order valence-corrected chi connectivity index (χ0v) is 74.5. The zero-order valence-electron chi connectivity index (χ0n) is 73.7. The summed E-state index contributed by atoms with van der Waals surface area (Å²) in [6, 6.07) is -3.30. The number of aliphatic hydroxyl groups is 3. The largest absolute Gasteiger partial charge is 0.508 e. The molecule has 710 valence electrons. The van der Waals surface area contributed by atoms with E-state index in [0.29, 0.717) is 38.5 Å². The molecule has 16 atom stereocenters. The van der Waals surface area contributed by atoms with Gasteiger partial charge in [0.25, 0.3) is 0 Å². The lowest BCUT2D eigenvalue weighted by Crippen LogP contribution is -2.62. The number of hydrogen-bond acceptors (Lipinski definition) is 25. The number of nitrogens with one attached hydrogen (secondary N) is 13. The number of nitrogens with two attached hydrogens (primary N) is 3. The average molecular weight is 1840 g/mol. The number of carboxylic acids is 1. The molecule has 0 bridgehead atoms. The number of primary amides is 2. The molecule has 0 radical (unpaired) electrons. The van der Waals surface area contributed by atoms with Gasteiger partial charge in [-0.25, -0.2) is 4.98 Å². The molecule has 3 aromatic heterocycles. The molecule has 24 N–H and O–H groups in total. The maximum atomic E-state index is 15.6. The molecule has 3 aliphatic heterocycles. The van der Waals surface area contributed by atoms with E-state index in [1.165, 1.54) is 57.8 Å². The minimum absolute atomic E-state index is 0.0168. The van der Waals surface area contributed by atoms with Gasteiger partial charge in [-0.3, -0.25) is 86.4 Å². The van der Waals surface area contributed by atoms with Crippen LogP contribution in [0, 0.1) is 5.92 Å². The van der Waals surface area contributed by atoms with Crippen molar-refractivity contribution in [1.29, 1.82) is 0 Å². The summed E-state index contributed by atoms with van der Waals surface area (Å²) < 4.78 is 0. The number of thioether (sulfide) groups is 1. The molecule has 0 aliphatic carbocycles. The molecule has 0 saturated carbocycles. The number of aromatic amines is 3. The summed E-state index contributed by atoms with van der Waals surface area (Å²) in [4.78, 5) is 264. The number of H-pyrrole nitrogens is 3. The van der Waals surface area contributed by atoms with Crippen molar-refractivity contribution in [2.75, 3.05) is 65.4 Å². The number of amides is 16. The fraction of sp³-hybridized carbons (Fsp3) is 0.512. The first-order valence-corrected chi connectivity index (χ1v) is 44.2. The maximum absolute atomic E-state index is 15.6. The number of aromatic hydroxyl groups is 1. The van der Waals surface area contributed by atoms with Gasteiger partial charge in [-0.15, -0.1) is 11.8 Å². The second kappa shape index (κ2) is 47.5. The van der Waals surface area contributed by atoms with E-state index in [0.717, 1.165) is 50.2 Å². The van der Waals surface area contributed by atoms with Gasteiger partial charge in [-0.05, 0) is 119 Å². The van der Waals surface area contributed by atoms with Gasteiger partial charge in [0.05, 0.1) is 62.0 Å². The number of imidazole rings is 1. The van der Waals surface area contributed by atoms with E-state index in [2.05, 4.69) is 73.1 Å². The van der Waals surface area contributed by atoms with Crippen LogP contribution in [0.25, 0.3) is 21.8 Å². The van der Waals surface area contributed by atoms with Crippen LogP contribution in [0.3, 0.4) is 0 Å². The second-order valence-electron chi connectivity index (χ2n) is 33.4. The van der Waals surface area contributed by atoms with Crippen LogP contribution in [0.2, 0.25) is 0 Å². The van der Waals surface area contributed by atoms with Crippen LogP contribution in [0.15, 0.2) is 97.7 Å². The summed E-state index contributed by atoms with van der Waals surface area (Å²) in [6.45, 7) is 3.53. The molecule has 1 unspecified atom stereocenters. The number of carbonyl (C=O) groups is 17. The molecule has 3 saturated heterocycles. The third-order valence-corrected chi connectivity index (χ3v) is 24.3. The smallest absolute Gasteiger partial charge is 0.305 e. The van der Waals surface area contributed by atoms with Crippen LogP contribution >= 0.6 is 11.8 Å². The summed E-state index contributed by atoms with van der Waals surface area (Å²) in [7, 11) is 3.58. The van der Waals surface area contributed by atoms with Crippen LogP contribution in [0.1, 0.15) is 108 Å². The Morgan fingerprint density at radius 1 is 0.588 bits per heavy atom. The number of phenolic OH excluding ortho intramolecular Hbond substituents is 1.